The molecule has 0 aliphatic carbocycles. The first kappa shape index (κ1) is 7.55. The molecule has 0 amide bonds. The van der Waals surface area contributed by atoms with E-state index in [1.165, 1.54) is 11.3 Å². The van der Waals surface area contributed by atoms with E-state index in [4.69, 9.17) is 0 Å². The molecule has 1 aliphatic heterocycles. The third-order valence-corrected chi connectivity index (χ3v) is 2.34. The Morgan fingerprint density at radius 3 is 3.25 bits per heavy atom. The van der Waals surface area contributed by atoms with Crippen molar-refractivity contribution in [1.82, 2.24) is 15.1 Å². The van der Waals surface area contributed by atoms with Crippen molar-refractivity contribution in [1.29, 1.82) is 0 Å². The number of rotatable bonds is 1. The SMILES string of the molecule is C=Cc1nn(C)c2c1CNCC2. The molecular formula is C9H13N3. The fourth-order valence-electron chi connectivity index (χ4n) is 1.71. The van der Waals surface area contributed by atoms with E-state index >= 15 is 0 Å². The van der Waals surface area contributed by atoms with Gasteiger partial charge in [-0.15, -0.1) is 0 Å². The van der Waals surface area contributed by atoms with Crippen LogP contribution in [0.25, 0.3) is 6.08 Å². The lowest BCUT2D eigenvalue weighted by atomic mass is 10.1. The zero-order chi connectivity index (χ0) is 8.55. The van der Waals surface area contributed by atoms with Gasteiger partial charge in [0.25, 0.3) is 0 Å². The predicted molar refractivity (Wildman–Crippen MR) is 48.7 cm³/mol. The summed E-state index contributed by atoms with van der Waals surface area (Å²) in [6.45, 7) is 5.74. The van der Waals surface area contributed by atoms with E-state index in [1.807, 2.05) is 17.8 Å². The summed E-state index contributed by atoms with van der Waals surface area (Å²) in [6.07, 6.45) is 2.90. The van der Waals surface area contributed by atoms with Crippen LogP contribution in [0.2, 0.25) is 0 Å². The van der Waals surface area contributed by atoms with Crippen molar-refractivity contribution in [2.24, 2.45) is 7.05 Å². The first-order chi connectivity index (χ1) is 5.83. The van der Waals surface area contributed by atoms with Crippen molar-refractivity contribution in [3.05, 3.63) is 23.5 Å². The molecular weight excluding hydrogens is 150 g/mol. The van der Waals surface area contributed by atoms with Gasteiger partial charge in [-0.3, -0.25) is 4.68 Å². The van der Waals surface area contributed by atoms with Crippen molar-refractivity contribution in [2.45, 2.75) is 13.0 Å². The molecule has 1 aliphatic rings. The number of hydrogen-bond donors (Lipinski definition) is 1. The van der Waals surface area contributed by atoms with Gasteiger partial charge in [-0.1, -0.05) is 6.58 Å². The molecule has 2 heterocycles. The van der Waals surface area contributed by atoms with Crippen LogP contribution in [0.5, 0.6) is 0 Å². The monoisotopic (exact) mass is 163 g/mol. The maximum Gasteiger partial charge on any atom is 0.0892 e. The highest BCUT2D eigenvalue weighted by atomic mass is 15.3. The topological polar surface area (TPSA) is 29.9 Å². The van der Waals surface area contributed by atoms with Crippen LogP contribution in [0, 0.1) is 0 Å². The van der Waals surface area contributed by atoms with Crippen molar-refractivity contribution in [3.63, 3.8) is 0 Å². The molecule has 0 unspecified atom stereocenters. The number of hydrogen-bond acceptors (Lipinski definition) is 2. The average Bonchev–Trinajstić information content (AvgIpc) is 2.44. The highest BCUT2D eigenvalue weighted by Gasteiger charge is 2.16. The summed E-state index contributed by atoms with van der Waals surface area (Å²) in [7, 11) is 2.00. The predicted octanol–water partition coefficient (Wildman–Crippen LogP) is 0.709. The minimum Gasteiger partial charge on any atom is -0.312 e. The fraction of sp³-hybridized carbons (Fsp3) is 0.444. The zero-order valence-corrected chi connectivity index (χ0v) is 7.30. The maximum atomic E-state index is 4.37. The molecule has 0 atom stereocenters. The van der Waals surface area contributed by atoms with Crippen molar-refractivity contribution < 1.29 is 0 Å². The summed E-state index contributed by atoms with van der Waals surface area (Å²) in [5.74, 6) is 0. The second kappa shape index (κ2) is 2.75. The lowest BCUT2D eigenvalue weighted by molar-refractivity contribution is 0.604. The second-order valence-corrected chi connectivity index (χ2v) is 3.06. The Morgan fingerprint density at radius 1 is 1.67 bits per heavy atom. The average molecular weight is 163 g/mol. The number of aromatic nitrogens is 2. The van der Waals surface area contributed by atoms with Crippen LogP contribution in [0.4, 0.5) is 0 Å². The van der Waals surface area contributed by atoms with Gasteiger partial charge in [0.2, 0.25) is 0 Å². The molecule has 0 aromatic carbocycles. The van der Waals surface area contributed by atoms with E-state index in [9.17, 15) is 0 Å². The highest BCUT2D eigenvalue weighted by Crippen LogP contribution is 2.17. The van der Waals surface area contributed by atoms with Gasteiger partial charge in [0, 0.05) is 37.8 Å². The van der Waals surface area contributed by atoms with Crippen molar-refractivity contribution >= 4 is 6.08 Å². The smallest absolute Gasteiger partial charge is 0.0892 e. The van der Waals surface area contributed by atoms with Crippen molar-refractivity contribution in [2.75, 3.05) is 6.54 Å². The van der Waals surface area contributed by atoms with E-state index in [1.54, 1.807) is 0 Å². The Labute approximate surface area is 72.1 Å². The van der Waals surface area contributed by atoms with Crippen LogP contribution < -0.4 is 5.32 Å². The largest absolute Gasteiger partial charge is 0.312 e. The molecule has 3 nitrogen and oxygen atoms in total. The van der Waals surface area contributed by atoms with Gasteiger partial charge in [0.15, 0.2) is 0 Å². The molecule has 1 aromatic heterocycles. The number of nitrogens with zero attached hydrogens (tertiary/aromatic N) is 2. The molecule has 0 saturated carbocycles. The molecule has 12 heavy (non-hydrogen) atoms. The van der Waals surface area contributed by atoms with Crippen LogP contribution in [0.3, 0.4) is 0 Å². The van der Waals surface area contributed by atoms with Crippen LogP contribution in [0.15, 0.2) is 6.58 Å². The normalized spacial score (nSPS) is 15.8. The quantitative estimate of drug-likeness (QED) is 0.660. The van der Waals surface area contributed by atoms with E-state index in [-0.39, 0.29) is 0 Å². The van der Waals surface area contributed by atoms with Gasteiger partial charge in [0.1, 0.15) is 0 Å². The van der Waals surface area contributed by atoms with E-state index < -0.39 is 0 Å². The van der Waals surface area contributed by atoms with Crippen molar-refractivity contribution in [3.8, 4) is 0 Å². The Bertz CT molecular complexity index is 312. The summed E-state index contributed by atoms with van der Waals surface area (Å²) in [5, 5.41) is 7.70. The van der Waals surface area contributed by atoms with Gasteiger partial charge in [-0.25, -0.2) is 0 Å². The standard InChI is InChI=1S/C9H13N3/c1-3-8-7-6-10-5-4-9(7)12(2)11-8/h3,10H,1,4-6H2,2H3. The fourth-order valence-corrected chi connectivity index (χ4v) is 1.71. The summed E-state index contributed by atoms with van der Waals surface area (Å²) < 4.78 is 1.97. The molecule has 1 N–H and O–H groups in total. The van der Waals surface area contributed by atoms with Gasteiger partial charge in [-0.05, 0) is 6.08 Å². The molecule has 0 spiro atoms. The molecule has 0 bridgehead atoms. The van der Waals surface area contributed by atoms with Crippen LogP contribution >= 0.6 is 0 Å². The lowest BCUT2D eigenvalue weighted by Gasteiger charge is -2.13. The van der Waals surface area contributed by atoms with Crippen LogP contribution in [0.1, 0.15) is 17.0 Å². The molecule has 0 radical (unpaired) electrons. The van der Waals surface area contributed by atoms with Crippen LogP contribution in [-0.2, 0) is 20.0 Å². The van der Waals surface area contributed by atoms with Gasteiger partial charge in [0.05, 0.1) is 5.69 Å². The Balaban J connectivity index is 2.53. The number of aryl methyl sites for hydroxylation is 1. The Kier molecular flexibility index (Phi) is 1.73. The Morgan fingerprint density at radius 2 is 2.50 bits per heavy atom. The molecule has 64 valence electrons. The molecule has 1 aromatic rings. The minimum atomic E-state index is 0.935. The number of fused-ring (bicyclic) bond motifs is 1. The summed E-state index contributed by atoms with van der Waals surface area (Å²) >= 11 is 0. The van der Waals surface area contributed by atoms with Gasteiger partial charge >= 0.3 is 0 Å². The Hall–Kier alpha value is -1.09. The highest BCUT2D eigenvalue weighted by molar-refractivity contribution is 5.49. The molecule has 0 fully saturated rings. The summed E-state index contributed by atoms with van der Waals surface area (Å²) in [4.78, 5) is 0. The zero-order valence-electron chi connectivity index (χ0n) is 7.30. The molecule has 2 rings (SSSR count). The first-order valence-corrected chi connectivity index (χ1v) is 4.21. The van der Waals surface area contributed by atoms with Crippen LogP contribution in [-0.4, -0.2) is 16.3 Å². The third-order valence-electron chi connectivity index (χ3n) is 2.34. The van der Waals surface area contributed by atoms with E-state index in [2.05, 4.69) is 17.0 Å². The summed E-state index contributed by atoms with van der Waals surface area (Å²) in [5.41, 5.74) is 3.70. The van der Waals surface area contributed by atoms with E-state index in [0.29, 0.717) is 0 Å². The summed E-state index contributed by atoms with van der Waals surface area (Å²) in [6, 6.07) is 0. The molecule has 0 saturated heterocycles. The third kappa shape index (κ3) is 0.975. The van der Waals surface area contributed by atoms with Gasteiger partial charge in [-0.2, -0.15) is 5.10 Å². The lowest BCUT2D eigenvalue weighted by Crippen LogP contribution is -2.24. The van der Waals surface area contributed by atoms with Gasteiger partial charge < -0.3 is 5.32 Å². The van der Waals surface area contributed by atoms with E-state index in [0.717, 1.165) is 25.2 Å². The molecule has 3 heteroatoms. The minimum absolute atomic E-state index is 0.935. The number of nitrogens with one attached hydrogen (secondary N) is 1. The first-order valence-electron chi connectivity index (χ1n) is 4.21. The maximum absolute atomic E-state index is 4.37. The second-order valence-electron chi connectivity index (χ2n) is 3.06.